The number of halogens is 2. The summed E-state index contributed by atoms with van der Waals surface area (Å²) in [6, 6.07) is 2.66. The van der Waals surface area contributed by atoms with Gasteiger partial charge in [-0.25, -0.2) is 8.78 Å². The van der Waals surface area contributed by atoms with Crippen molar-refractivity contribution >= 4 is 5.91 Å². The molecule has 1 unspecified atom stereocenters. The molecule has 0 spiro atoms. The number of hydrogen-bond acceptors (Lipinski definition) is 5. The first-order valence-electron chi connectivity index (χ1n) is 8.62. The van der Waals surface area contributed by atoms with Crippen LogP contribution in [0.4, 0.5) is 8.78 Å². The fraction of sp³-hybridized carbons (Fsp3) is 0.471. The Labute approximate surface area is 150 Å². The molecule has 1 aromatic heterocycles. The molecule has 0 aliphatic carbocycles. The second-order valence-corrected chi connectivity index (χ2v) is 6.32. The normalized spacial score (nSPS) is 16.4. The number of benzene rings is 1. The number of piperazine rings is 1. The molecule has 26 heavy (non-hydrogen) atoms. The molecule has 1 amide bonds. The molecule has 2 aromatic rings. The van der Waals surface area contributed by atoms with Crippen LogP contribution in [0.1, 0.15) is 29.0 Å². The summed E-state index contributed by atoms with van der Waals surface area (Å²) in [5, 5.41) is 13.8. The van der Waals surface area contributed by atoms with Crippen LogP contribution in [0, 0.1) is 11.6 Å². The molecule has 0 saturated carbocycles. The van der Waals surface area contributed by atoms with Gasteiger partial charge in [-0.05, 0) is 13.0 Å². The maximum absolute atomic E-state index is 13.8. The molecule has 0 radical (unpaired) electrons. The molecule has 1 aliphatic rings. The first kappa shape index (κ1) is 18.4. The molecule has 1 aromatic carbocycles. The largest absolute Gasteiger partial charge is 0.344 e. The van der Waals surface area contributed by atoms with Crippen LogP contribution < -0.4 is 10.6 Å². The lowest BCUT2D eigenvalue weighted by Crippen LogP contribution is -2.44. The Kier molecular flexibility index (Phi) is 5.89. The van der Waals surface area contributed by atoms with Crippen LogP contribution in [0.15, 0.2) is 24.4 Å². The van der Waals surface area contributed by atoms with Crippen LogP contribution in [0.3, 0.4) is 0 Å². The Morgan fingerprint density at radius 2 is 2.08 bits per heavy atom. The van der Waals surface area contributed by atoms with Crippen molar-refractivity contribution in [3.8, 4) is 0 Å². The standard InChI is InChI=1S/C17H22F2N6O/c1-12(14-3-2-13(18)10-15(14)19)21-17(26)16-11-25(23-22-16)9-8-24-6-4-20-5-7-24/h2-3,10-12,20H,4-9H2,1H3,(H,21,26). The number of aromatic nitrogens is 3. The van der Waals surface area contributed by atoms with E-state index in [1.54, 1.807) is 17.8 Å². The molecular weight excluding hydrogens is 342 g/mol. The number of carbonyl (C=O) groups excluding carboxylic acids is 1. The summed E-state index contributed by atoms with van der Waals surface area (Å²) in [5.41, 5.74) is 0.380. The molecule has 2 heterocycles. The van der Waals surface area contributed by atoms with E-state index in [0.717, 1.165) is 44.9 Å². The van der Waals surface area contributed by atoms with Crippen LogP contribution in [0.25, 0.3) is 0 Å². The van der Waals surface area contributed by atoms with Crippen molar-refractivity contribution in [1.82, 2.24) is 30.5 Å². The first-order chi connectivity index (χ1) is 12.5. The highest BCUT2D eigenvalue weighted by Gasteiger charge is 2.18. The van der Waals surface area contributed by atoms with Crippen molar-refractivity contribution in [2.45, 2.75) is 19.5 Å². The van der Waals surface area contributed by atoms with E-state index in [0.29, 0.717) is 6.54 Å². The van der Waals surface area contributed by atoms with Crippen LogP contribution in [-0.4, -0.2) is 58.5 Å². The molecule has 9 heteroatoms. The van der Waals surface area contributed by atoms with Gasteiger partial charge in [0, 0.05) is 44.4 Å². The zero-order chi connectivity index (χ0) is 18.5. The molecule has 3 rings (SSSR count). The second-order valence-electron chi connectivity index (χ2n) is 6.32. The van der Waals surface area contributed by atoms with Crippen molar-refractivity contribution in [1.29, 1.82) is 0 Å². The van der Waals surface area contributed by atoms with E-state index >= 15 is 0 Å². The molecule has 0 bridgehead atoms. The summed E-state index contributed by atoms with van der Waals surface area (Å²) >= 11 is 0. The van der Waals surface area contributed by atoms with Gasteiger partial charge in [0.05, 0.1) is 18.8 Å². The fourth-order valence-corrected chi connectivity index (χ4v) is 2.89. The Bertz CT molecular complexity index is 759. The minimum atomic E-state index is -0.697. The maximum atomic E-state index is 13.8. The van der Waals surface area contributed by atoms with E-state index < -0.39 is 23.6 Å². The third kappa shape index (κ3) is 4.61. The van der Waals surface area contributed by atoms with Gasteiger partial charge in [-0.1, -0.05) is 11.3 Å². The molecule has 1 fully saturated rings. The van der Waals surface area contributed by atoms with Gasteiger partial charge >= 0.3 is 0 Å². The van der Waals surface area contributed by atoms with Gasteiger partial charge < -0.3 is 10.6 Å². The molecule has 1 atom stereocenters. The fourth-order valence-electron chi connectivity index (χ4n) is 2.89. The number of nitrogens with zero attached hydrogens (tertiary/aromatic N) is 4. The van der Waals surface area contributed by atoms with Crippen LogP contribution in [0.2, 0.25) is 0 Å². The zero-order valence-corrected chi connectivity index (χ0v) is 14.6. The average Bonchev–Trinajstić information content (AvgIpc) is 3.10. The lowest BCUT2D eigenvalue weighted by atomic mass is 10.1. The number of rotatable bonds is 6. The summed E-state index contributed by atoms with van der Waals surface area (Å²) in [4.78, 5) is 14.6. The number of amides is 1. The van der Waals surface area contributed by atoms with Crippen molar-refractivity contribution in [3.63, 3.8) is 0 Å². The Balaban J connectivity index is 1.55. The molecule has 1 saturated heterocycles. The van der Waals surface area contributed by atoms with Gasteiger partial charge in [0.1, 0.15) is 11.6 Å². The Morgan fingerprint density at radius 1 is 1.31 bits per heavy atom. The topological polar surface area (TPSA) is 75.1 Å². The van der Waals surface area contributed by atoms with Gasteiger partial charge in [-0.2, -0.15) is 0 Å². The summed E-state index contributed by atoms with van der Waals surface area (Å²) in [5.74, 6) is -1.80. The molecular formula is C17H22F2N6O. The number of nitrogens with one attached hydrogen (secondary N) is 2. The zero-order valence-electron chi connectivity index (χ0n) is 14.6. The summed E-state index contributed by atoms with van der Waals surface area (Å²) < 4.78 is 28.4. The molecule has 7 nitrogen and oxygen atoms in total. The Hall–Kier alpha value is -2.39. The molecule has 140 valence electrons. The van der Waals surface area contributed by atoms with E-state index in [9.17, 15) is 13.6 Å². The highest BCUT2D eigenvalue weighted by molar-refractivity contribution is 5.92. The SMILES string of the molecule is CC(NC(=O)c1cn(CCN2CCNCC2)nn1)c1ccc(F)cc1F. The number of carbonyl (C=O) groups is 1. The van der Waals surface area contributed by atoms with Crippen molar-refractivity contribution < 1.29 is 13.6 Å². The minimum Gasteiger partial charge on any atom is -0.344 e. The molecule has 1 aliphatic heterocycles. The van der Waals surface area contributed by atoms with Crippen molar-refractivity contribution in [2.24, 2.45) is 0 Å². The summed E-state index contributed by atoms with van der Waals surface area (Å²) in [6.07, 6.45) is 1.57. The maximum Gasteiger partial charge on any atom is 0.273 e. The Morgan fingerprint density at radius 3 is 2.81 bits per heavy atom. The van der Waals surface area contributed by atoms with Gasteiger partial charge in [-0.3, -0.25) is 14.4 Å². The van der Waals surface area contributed by atoms with Crippen LogP contribution >= 0.6 is 0 Å². The average molecular weight is 364 g/mol. The minimum absolute atomic E-state index is 0.166. The lowest BCUT2D eigenvalue weighted by Gasteiger charge is -2.26. The smallest absolute Gasteiger partial charge is 0.273 e. The third-order valence-electron chi connectivity index (χ3n) is 4.40. The van der Waals surface area contributed by atoms with E-state index in [-0.39, 0.29) is 11.3 Å². The predicted octanol–water partition coefficient (Wildman–Crippen LogP) is 0.953. The van der Waals surface area contributed by atoms with Crippen LogP contribution in [-0.2, 0) is 6.54 Å². The van der Waals surface area contributed by atoms with Gasteiger partial charge in [0.15, 0.2) is 5.69 Å². The van der Waals surface area contributed by atoms with Crippen molar-refractivity contribution in [2.75, 3.05) is 32.7 Å². The summed E-state index contributed by atoms with van der Waals surface area (Å²) in [7, 11) is 0. The van der Waals surface area contributed by atoms with E-state index in [1.807, 2.05) is 0 Å². The van der Waals surface area contributed by atoms with Gasteiger partial charge in [0.25, 0.3) is 5.91 Å². The van der Waals surface area contributed by atoms with E-state index in [4.69, 9.17) is 0 Å². The second kappa shape index (κ2) is 8.33. The van der Waals surface area contributed by atoms with E-state index in [1.165, 1.54) is 6.07 Å². The van der Waals surface area contributed by atoms with Gasteiger partial charge in [-0.15, -0.1) is 5.10 Å². The molecule has 2 N–H and O–H groups in total. The van der Waals surface area contributed by atoms with Gasteiger partial charge in [0.2, 0.25) is 0 Å². The van der Waals surface area contributed by atoms with E-state index in [2.05, 4.69) is 25.8 Å². The van der Waals surface area contributed by atoms with Crippen molar-refractivity contribution in [3.05, 3.63) is 47.3 Å². The van der Waals surface area contributed by atoms with Crippen LogP contribution in [0.5, 0.6) is 0 Å². The first-order valence-corrected chi connectivity index (χ1v) is 8.62. The summed E-state index contributed by atoms with van der Waals surface area (Å²) in [6.45, 7) is 7.03. The highest BCUT2D eigenvalue weighted by atomic mass is 19.1. The third-order valence-corrected chi connectivity index (χ3v) is 4.40. The predicted molar refractivity (Wildman–Crippen MR) is 91.6 cm³/mol. The lowest BCUT2D eigenvalue weighted by molar-refractivity contribution is 0.0934. The monoisotopic (exact) mass is 364 g/mol. The highest BCUT2D eigenvalue weighted by Crippen LogP contribution is 2.18. The quantitative estimate of drug-likeness (QED) is 0.798. The number of hydrogen-bond donors (Lipinski definition) is 2.